The van der Waals surface area contributed by atoms with Crippen molar-refractivity contribution < 1.29 is 14.3 Å². The highest BCUT2D eigenvalue weighted by Gasteiger charge is 2.41. The third kappa shape index (κ3) is 3.11. The zero-order valence-electron chi connectivity index (χ0n) is 10.7. The first kappa shape index (κ1) is 14.8. The molecular weight excluding hydrogens is 287 g/mol. The van der Waals surface area contributed by atoms with Crippen LogP contribution in [0.5, 0.6) is 0 Å². The maximum Gasteiger partial charge on any atom is 0.194 e. The van der Waals surface area contributed by atoms with Crippen LogP contribution in [-0.2, 0) is 9.47 Å². The molecule has 1 heterocycles. The molecule has 0 amide bonds. The van der Waals surface area contributed by atoms with Crippen molar-refractivity contribution in [3.05, 3.63) is 33.8 Å². The van der Waals surface area contributed by atoms with Gasteiger partial charge in [-0.25, -0.2) is 0 Å². The Labute approximate surface area is 122 Å². The number of carbonyl (C=O) groups excluding carboxylic acids is 1. The standard InChI is InChI=1S/C14H16Cl2O3/c1-2-19-14(5-7-18-8-6-14)13(17)10-3-4-11(15)12(16)9-10/h3-4,9H,2,5-8H2,1H3. The molecule has 2 rings (SSSR count). The molecule has 3 nitrogen and oxygen atoms in total. The van der Waals surface area contributed by atoms with Crippen LogP contribution in [-0.4, -0.2) is 31.2 Å². The average Bonchev–Trinajstić information content (AvgIpc) is 2.42. The summed E-state index contributed by atoms with van der Waals surface area (Å²) < 4.78 is 11.1. The minimum atomic E-state index is -0.788. The highest BCUT2D eigenvalue weighted by molar-refractivity contribution is 6.42. The van der Waals surface area contributed by atoms with Crippen molar-refractivity contribution in [2.24, 2.45) is 0 Å². The fourth-order valence-corrected chi connectivity index (χ4v) is 2.61. The smallest absolute Gasteiger partial charge is 0.194 e. The third-order valence-electron chi connectivity index (χ3n) is 3.32. The van der Waals surface area contributed by atoms with Crippen LogP contribution in [0.1, 0.15) is 30.1 Å². The quantitative estimate of drug-likeness (QED) is 0.794. The van der Waals surface area contributed by atoms with E-state index >= 15 is 0 Å². The van der Waals surface area contributed by atoms with Crippen LogP contribution in [0.4, 0.5) is 0 Å². The SMILES string of the molecule is CCOC1(C(=O)c2ccc(Cl)c(Cl)c2)CCOCC1. The van der Waals surface area contributed by atoms with Crippen LogP contribution in [0, 0.1) is 0 Å². The lowest BCUT2D eigenvalue weighted by Gasteiger charge is -2.35. The Kier molecular flexibility index (Phi) is 4.85. The molecule has 0 aromatic heterocycles. The van der Waals surface area contributed by atoms with Gasteiger partial charge in [-0.05, 0) is 25.1 Å². The molecule has 1 fully saturated rings. The average molecular weight is 303 g/mol. The van der Waals surface area contributed by atoms with E-state index in [1.165, 1.54) is 0 Å². The molecule has 0 unspecified atom stereocenters. The Balaban J connectivity index is 2.30. The van der Waals surface area contributed by atoms with Gasteiger partial charge in [0.15, 0.2) is 5.78 Å². The van der Waals surface area contributed by atoms with Crippen LogP contribution in [0.2, 0.25) is 10.0 Å². The van der Waals surface area contributed by atoms with Gasteiger partial charge in [0.05, 0.1) is 10.0 Å². The lowest BCUT2D eigenvalue weighted by atomic mass is 9.85. The summed E-state index contributed by atoms with van der Waals surface area (Å²) in [4.78, 5) is 12.7. The van der Waals surface area contributed by atoms with Gasteiger partial charge in [-0.3, -0.25) is 4.79 Å². The highest BCUT2D eigenvalue weighted by atomic mass is 35.5. The molecule has 0 atom stereocenters. The number of halogens is 2. The molecule has 1 aliphatic heterocycles. The Bertz CT molecular complexity index is 462. The first-order chi connectivity index (χ1) is 9.09. The summed E-state index contributed by atoms with van der Waals surface area (Å²) in [5.41, 5.74) is -0.255. The molecule has 1 aromatic rings. The molecule has 19 heavy (non-hydrogen) atoms. The van der Waals surface area contributed by atoms with E-state index in [0.717, 1.165) is 0 Å². The van der Waals surface area contributed by atoms with E-state index in [4.69, 9.17) is 32.7 Å². The van der Waals surface area contributed by atoms with Gasteiger partial charge in [0, 0.05) is 38.2 Å². The molecule has 0 N–H and O–H groups in total. The second kappa shape index (κ2) is 6.23. The van der Waals surface area contributed by atoms with E-state index in [0.29, 0.717) is 48.3 Å². The minimum Gasteiger partial charge on any atom is -0.381 e. The summed E-state index contributed by atoms with van der Waals surface area (Å²) in [6, 6.07) is 4.92. The van der Waals surface area contributed by atoms with Crippen molar-refractivity contribution >= 4 is 29.0 Å². The number of ketones is 1. The van der Waals surface area contributed by atoms with Crippen molar-refractivity contribution in [1.82, 2.24) is 0 Å². The van der Waals surface area contributed by atoms with E-state index in [2.05, 4.69) is 0 Å². The molecule has 1 saturated heterocycles. The summed E-state index contributed by atoms with van der Waals surface area (Å²) in [5, 5.41) is 0.821. The Morgan fingerprint density at radius 1 is 1.32 bits per heavy atom. The molecule has 104 valence electrons. The van der Waals surface area contributed by atoms with E-state index in [9.17, 15) is 4.79 Å². The molecule has 1 aromatic carbocycles. The number of Topliss-reactive ketones (excluding diaryl/α,β-unsaturated/α-hetero) is 1. The molecule has 0 saturated carbocycles. The number of ether oxygens (including phenoxy) is 2. The van der Waals surface area contributed by atoms with E-state index in [1.54, 1.807) is 18.2 Å². The summed E-state index contributed by atoms with van der Waals surface area (Å²) in [5.74, 6) is -0.0452. The van der Waals surface area contributed by atoms with Crippen LogP contribution >= 0.6 is 23.2 Å². The van der Waals surface area contributed by atoms with Gasteiger partial charge in [0.2, 0.25) is 0 Å². The fraction of sp³-hybridized carbons (Fsp3) is 0.500. The van der Waals surface area contributed by atoms with Crippen molar-refractivity contribution in [1.29, 1.82) is 0 Å². The van der Waals surface area contributed by atoms with Crippen LogP contribution < -0.4 is 0 Å². The zero-order chi connectivity index (χ0) is 13.9. The second-order valence-corrected chi connectivity index (χ2v) is 5.31. The maximum atomic E-state index is 12.7. The van der Waals surface area contributed by atoms with Crippen molar-refractivity contribution in [3.8, 4) is 0 Å². The van der Waals surface area contributed by atoms with E-state index in [1.807, 2.05) is 6.92 Å². The van der Waals surface area contributed by atoms with Gasteiger partial charge in [-0.2, -0.15) is 0 Å². The predicted octanol–water partition coefficient (Wildman–Crippen LogP) is 3.76. The first-order valence-electron chi connectivity index (χ1n) is 6.30. The predicted molar refractivity (Wildman–Crippen MR) is 75.2 cm³/mol. The zero-order valence-corrected chi connectivity index (χ0v) is 12.3. The molecule has 0 radical (unpaired) electrons. The topological polar surface area (TPSA) is 35.5 Å². The Hall–Kier alpha value is -0.610. The van der Waals surface area contributed by atoms with Crippen molar-refractivity contribution in [2.45, 2.75) is 25.4 Å². The lowest BCUT2D eigenvalue weighted by molar-refractivity contribution is -0.0822. The van der Waals surface area contributed by atoms with Gasteiger partial charge in [0.1, 0.15) is 5.60 Å². The molecule has 0 aliphatic carbocycles. The molecule has 0 bridgehead atoms. The number of benzene rings is 1. The maximum absolute atomic E-state index is 12.7. The van der Waals surface area contributed by atoms with E-state index < -0.39 is 5.60 Å². The van der Waals surface area contributed by atoms with Crippen molar-refractivity contribution in [2.75, 3.05) is 19.8 Å². The fourth-order valence-electron chi connectivity index (χ4n) is 2.31. The van der Waals surface area contributed by atoms with Gasteiger partial charge >= 0.3 is 0 Å². The normalized spacial score (nSPS) is 18.3. The van der Waals surface area contributed by atoms with E-state index in [-0.39, 0.29) is 5.78 Å². The Morgan fingerprint density at radius 3 is 2.58 bits per heavy atom. The van der Waals surface area contributed by atoms with Gasteiger partial charge in [-0.1, -0.05) is 23.2 Å². The summed E-state index contributed by atoms with van der Waals surface area (Å²) in [6.07, 6.45) is 1.14. The lowest BCUT2D eigenvalue weighted by Crippen LogP contribution is -2.46. The van der Waals surface area contributed by atoms with Gasteiger partial charge in [-0.15, -0.1) is 0 Å². The van der Waals surface area contributed by atoms with Gasteiger partial charge in [0.25, 0.3) is 0 Å². The monoisotopic (exact) mass is 302 g/mol. The van der Waals surface area contributed by atoms with Gasteiger partial charge < -0.3 is 9.47 Å². The summed E-state index contributed by atoms with van der Waals surface area (Å²) >= 11 is 11.8. The minimum absolute atomic E-state index is 0.0452. The van der Waals surface area contributed by atoms with Crippen LogP contribution in [0.25, 0.3) is 0 Å². The third-order valence-corrected chi connectivity index (χ3v) is 4.06. The molecule has 5 heteroatoms. The van der Waals surface area contributed by atoms with Crippen LogP contribution in [0.15, 0.2) is 18.2 Å². The summed E-state index contributed by atoms with van der Waals surface area (Å²) in [6.45, 7) is 3.45. The largest absolute Gasteiger partial charge is 0.381 e. The number of rotatable bonds is 4. The molecular formula is C14H16Cl2O3. The summed E-state index contributed by atoms with van der Waals surface area (Å²) in [7, 11) is 0. The van der Waals surface area contributed by atoms with Crippen LogP contribution in [0.3, 0.4) is 0 Å². The number of hydrogen-bond donors (Lipinski definition) is 0. The number of hydrogen-bond acceptors (Lipinski definition) is 3. The first-order valence-corrected chi connectivity index (χ1v) is 7.06. The molecule has 1 aliphatic rings. The Morgan fingerprint density at radius 2 is 2.00 bits per heavy atom. The molecule has 0 spiro atoms. The second-order valence-electron chi connectivity index (χ2n) is 4.50. The van der Waals surface area contributed by atoms with Crippen molar-refractivity contribution in [3.63, 3.8) is 0 Å². The number of carbonyl (C=O) groups is 1. The highest BCUT2D eigenvalue weighted by Crippen LogP contribution is 2.31.